The maximum Gasteiger partial charge on any atom is 0.357 e. The Morgan fingerprint density at radius 1 is 0.511 bits per heavy atom. The lowest BCUT2D eigenvalue weighted by Gasteiger charge is -2.36. The van der Waals surface area contributed by atoms with Crippen LogP contribution in [0.3, 0.4) is 0 Å². The zero-order valence-electron chi connectivity index (χ0n) is 26.2. The molecule has 0 amide bonds. The topological polar surface area (TPSA) is 118 Å². The highest BCUT2D eigenvalue weighted by molar-refractivity contribution is 7.96. The minimum atomic E-state index is -3.96. The molecule has 0 radical (unpaired) electrons. The number of nitrogens with zero attached hydrogens (tertiary/aromatic N) is 1. The van der Waals surface area contributed by atoms with E-state index in [0.29, 0.717) is 21.7 Å². The van der Waals surface area contributed by atoms with Crippen LogP contribution in [0.25, 0.3) is 0 Å². The van der Waals surface area contributed by atoms with Gasteiger partial charge in [-0.15, -0.1) is 0 Å². The monoisotopic (exact) mass is 649 g/mol. The van der Waals surface area contributed by atoms with Crippen LogP contribution in [-0.4, -0.2) is 63.3 Å². The van der Waals surface area contributed by atoms with Gasteiger partial charge in [-0.1, -0.05) is 121 Å². The van der Waals surface area contributed by atoms with Gasteiger partial charge in [-0.2, -0.15) is 0 Å². The highest BCUT2D eigenvalue weighted by atomic mass is 31.2. The van der Waals surface area contributed by atoms with Crippen LogP contribution in [0.4, 0.5) is 0 Å². The summed E-state index contributed by atoms with van der Waals surface area (Å²) in [6.07, 6.45) is 0. The lowest BCUT2D eigenvalue weighted by molar-refractivity contribution is -0.139. The SMILES string of the molecule is COC(=O)C1=NC(c2ccccc2)(c2ccccc2)C(C(=O)OC)=C(C(=O)OC)P(c2ccccc2)(c2ccccc2)=C1C(=O)OC. The molecule has 9 nitrogen and oxygen atoms in total. The van der Waals surface area contributed by atoms with Crippen molar-refractivity contribution in [1.82, 2.24) is 0 Å². The van der Waals surface area contributed by atoms with Gasteiger partial charge in [0.15, 0.2) is 5.71 Å². The lowest BCUT2D eigenvalue weighted by atomic mass is 9.76. The predicted molar refractivity (Wildman–Crippen MR) is 180 cm³/mol. The van der Waals surface area contributed by atoms with E-state index in [-0.39, 0.29) is 16.2 Å². The van der Waals surface area contributed by atoms with Gasteiger partial charge in [0.1, 0.15) is 10.8 Å². The molecule has 238 valence electrons. The Bertz CT molecular complexity index is 1850. The molecule has 0 saturated carbocycles. The maximum atomic E-state index is 14.7. The van der Waals surface area contributed by atoms with Gasteiger partial charge in [-0.25, -0.2) is 19.2 Å². The van der Waals surface area contributed by atoms with Crippen LogP contribution in [0.1, 0.15) is 11.1 Å². The van der Waals surface area contributed by atoms with E-state index < -0.39 is 42.0 Å². The van der Waals surface area contributed by atoms with E-state index >= 15 is 0 Å². The van der Waals surface area contributed by atoms with Crippen molar-refractivity contribution in [2.24, 2.45) is 4.99 Å². The number of benzene rings is 4. The molecule has 1 heterocycles. The Morgan fingerprint density at radius 3 is 1.28 bits per heavy atom. The number of rotatable bonds is 8. The van der Waals surface area contributed by atoms with Crippen LogP contribution in [0.5, 0.6) is 0 Å². The summed E-state index contributed by atoms with van der Waals surface area (Å²) < 4.78 is 21.7. The Labute approximate surface area is 272 Å². The average molecular weight is 650 g/mol. The van der Waals surface area contributed by atoms with Crippen molar-refractivity contribution >= 4 is 52.4 Å². The second-order valence-electron chi connectivity index (χ2n) is 10.3. The molecule has 0 bridgehead atoms. The molecule has 0 unspecified atom stereocenters. The van der Waals surface area contributed by atoms with Crippen LogP contribution in [0.2, 0.25) is 0 Å². The highest BCUT2D eigenvalue weighted by Gasteiger charge is 2.55. The van der Waals surface area contributed by atoms with Crippen molar-refractivity contribution in [3.05, 3.63) is 143 Å². The van der Waals surface area contributed by atoms with E-state index in [1.165, 1.54) is 28.4 Å². The number of carbonyl (C=O) groups excluding carboxylic acids is 4. The average Bonchev–Trinajstić information content (AvgIpc) is 3.27. The fraction of sp³-hybridized carbons (Fsp3) is 0.135. The molecular formula is C37H32NO8P. The first-order valence-corrected chi connectivity index (χ1v) is 16.3. The third kappa shape index (κ3) is 5.38. The summed E-state index contributed by atoms with van der Waals surface area (Å²) in [7, 11) is 4.71. The number of methoxy groups -OCH3 is 4. The van der Waals surface area contributed by atoms with Crippen LogP contribution in [0, 0.1) is 0 Å². The Hall–Kier alpha value is -5.53. The largest absolute Gasteiger partial charge is 0.466 e. The molecule has 0 atom stereocenters. The number of hydrogen-bond acceptors (Lipinski definition) is 9. The Balaban J connectivity index is 2.30. The first-order valence-electron chi connectivity index (χ1n) is 14.5. The van der Waals surface area contributed by atoms with Gasteiger partial charge in [0.25, 0.3) is 0 Å². The van der Waals surface area contributed by atoms with Gasteiger partial charge >= 0.3 is 23.9 Å². The van der Waals surface area contributed by atoms with E-state index in [4.69, 9.17) is 23.9 Å². The second-order valence-corrected chi connectivity index (χ2v) is 13.6. The molecule has 4 aromatic carbocycles. The molecule has 5 rings (SSSR count). The van der Waals surface area contributed by atoms with Gasteiger partial charge in [0.05, 0.1) is 39.3 Å². The maximum absolute atomic E-state index is 14.7. The molecule has 10 heteroatoms. The third-order valence-corrected chi connectivity index (χ3v) is 12.3. The normalized spacial score (nSPS) is 15.1. The Morgan fingerprint density at radius 2 is 0.894 bits per heavy atom. The lowest BCUT2D eigenvalue weighted by Crippen LogP contribution is -2.39. The molecule has 0 spiro atoms. The van der Waals surface area contributed by atoms with Gasteiger partial charge in [0, 0.05) is 6.89 Å². The van der Waals surface area contributed by atoms with Crippen LogP contribution >= 0.6 is 6.89 Å². The molecule has 0 fully saturated rings. The van der Waals surface area contributed by atoms with Crippen molar-refractivity contribution in [3.63, 3.8) is 0 Å². The summed E-state index contributed by atoms with van der Waals surface area (Å²) in [5, 5.41) is 0.448. The number of hydrogen-bond donors (Lipinski definition) is 0. The molecule has 4 aromatic rings. The molecule has 0 aliphatic carbocycles. The van der Waals surface area contributed by atoms with Crippen molar-refractivity contribution in [1.29, 1.82) is 0 Å². The molecular weight excluding hydrogens is 617 g/mol. The van der Waals surface area contributed by atoms with Crippen LogP contribution in [0.15, 0.2) is 137 Å². The third-order valence-electron chi connectivity index (χ3n) is 7.97. The molecule has 0 N–H and O–H groups in total. The van der Waals surface area contributed by atoms with Gasteiger partial charge in [0.2, 0.25) is 0 Å². The van der Waals surface area contributed by atoms with Crippen LogP contribution < -0.4 is 10.6 Å². The van der Waals surface area contributed by atoms with Gasteiger partial charge in [-0.3, -0.25) is 4.99 Å². The quantitative estimate of drug-likeness (QED) is 0.159. The minimum Gasteiger partial charge on any atom is -0.466 e. The molecule has 1 aliphatic rings. The second kappa shape index (κ2) is 13.8. The first kappa shape index (κ1) is 32.9. The standard InChI is InChI=1S/C37H32NO8P/c1-43-33(39)29-31(35(41)45-3)47(27-21-13-7-14-22-27,28-23-15-8-16-24-28)32(36(42)46-4)30(34(40)44-2)38-37(29,25-17-9-5-10-18-25)26-19-11-6-12-20-26/h5-24H,1-4H3. The number of aliphatic imine (C=N–C) groups is 1. The first-order chi connectivity index (χ1) is 22.8. The van der Waals surface area contributed by atoms with Crippen molar-refractivity contribution in [2.75, 3.05) is 28.4 Å². The molecule has 47 heavy (non-hydrogen) atoms. The molecule has 0 aromatic heterocycles. The van der Waals surface area contributed by atoms with E-state index in [0.717, 1.165) is 0 Å². The fourth-order valence-electron chi connectivity index (χ4n) is 6.05. The van der Waals surface area contributed by atoms with Crippen molar-refractivity contribution < 1.29 is 38.1 Å². The Kier molecular flexibility index (Phi) is 9.68. The number of esters is 4. The zero-order valence-corrected chi connectivity index (χ0v) is 27.1. The van der Waals surface area contributed by atoms with Crippen molar-refractivity contribution in [3.8, 4) is 0 Å². The summed E-state index contributed by atoms with van der Waals surface area (Å²) in [4.78, 5) is 62.9. The van der Waals surface area contributed by atoms with Crippen LogP contribution in [-0.2, 0) is 43.7 Å². The minimum absolute atomic E-state index is 0.194. The smallest absolute Gasteiger partial charge is 0.357 e. The number of ether oxygens (including phenoxy) is 4. The predicted octanol–water partition coefficient (Wildman–Crippen LogP) is 4.17. The van der Waals surface area contributed by atoms with E-state index in [9.17, 15) is 19.2 Å². The highest BCUT2D eigenvalue weighted by Crippen LogP contribution is 2.61. The van der Waals surface area contributed by atoms with E-state index in [1.54, 1.807) is 121 Å². The fourth-order valence-corrected chi connectivity index (χ4v) is 10.6. The summed E-state index contributed by atoms with van der Waals surface area (Å²) in [6.45, 7) is -3.96. The summed E-state index contributed by atoms with van der Waals surface area (Å²) in [5.41, 5.74) is -1.79. The molecule has 0 saturated heterocycles. The summed E-state index contributed by atoms with van der Waals surface area (Å²) >= 11 is 0. The van der Waals surface area contributed by atoms with Gasteiger partial charge in [-0.05, 0) is 21.7 Å². The van der Waals surface area contributed by atoms with Gasteiger partial charge < -0.3 is 18.9 Å². The molecule has 1 aliphatic heterocycles. The van der Waals surface area contributed by atoms with E-state index in [2.05, 4.69) is 0 Å². The van der Waals surface area contributed by atoms with E-state index in [1.807, 2.05) is 0 Å². The summed E-state index contributed by atoms with van der Waals surface area (Å²) in [6, 6.07) is 34.8. The zero-order chi connectivity index (χ0) is 33.6. The van der Waals surface area contributed by atoms with Crippen molar-refractivity contribution in [2.45, 2.75) is 5.54 Å². The number of carbonyl (C=O) groups is 4. The summed E-state index contributed by atoms with van der Waals surface area (Å²) in [5.74, 6) is -3.77.